The number of aromatic nitrogens is 3. The van der Waals surface area contributed by atoms with Crippen molar-refractivity contribution in [3.05, 3.63) is 40.3 Å². The van der Waals surface area contributed by atoms with Crippen LogP contribution in [0.15, 0.2) is 23.4 Å². The molecule has 8 heteroatoms. The highest BCUT2D eigenvalue weighted by Crippen LogP contribution is 2.37. The molecular weight excluding hydrogens is 312 g/mol. The molecule has 0 bridgehead atoms. The van der Waals surface area contributed by atoms with Crippen LogP contribution in [0, 0.1) is 0 Å². The van der Waals surface area contributed by atoms with Crippen LogP contribution in [0.1, 0.15) is 20.9 Å². The zero-order chi connectivity index (χ0) is 14.4. The van der Waals surface area contributed by atoms with Gasteiger partial charge in [-0.05, 0) is 12.0 Å². The highest BCUT2D eigenvalue weighted by molar-refractivity contribution is 7.19. The summed E-state index contributed by atoms with van der Waals surface area (Å²) in [5.41, 5.74) is 1.49. The van der Waals surface area contributed by atoms with E-state index >= 15 is 0 Å². The number of nitrogens with zero attached hydrogens (tertiary/aromatic N) is 4. The normalized spacial score (nSPS) is 14.4. The summed E-state index contributed by atoms with van der Waals surface area (Å²) >= 11 is 7.73. The summed E-state index contributed by atoms with van der Waals surface area (Å²) in [7, 11) is 0. The molecule has 1 amide bonds. The molecule has 106 valence electrons. The number of carbonyl (C=O) groups excluding carboxylic acids is 1. The number of hydrogen-bond acceptors (Lipinski definition) is 6. The smallest absolute Gasteiger partial charge is 0.276 e. The van der Waals surface area contributed by atoms with Gasteiger partial charge in [0.2, 0.25) is 0 Å². The van der Waals surface area contributed by atoms with Gasteiger partial charge in [-0.15, -0.1) is 11.3 Å². The van der Waals surface area contributed by atoms with Crippen LogP contribution in [0.3, 0.4) is 0 Å². The fourth-order valence-corrected chi connectivity index (χ4v) is 4.05. The van der Waals surface area contributed by atoms with Crippen molar-refractivity contribution in [3.63, 3.8) is 0 Å². The average molecular weight is 321 g/mol. The molecule has 0 aromatic carbocycles. The maximum atomic E-state index is 12.3. The number of halogens is 1. The number of rotatable bonds is 1. The van der Waals surface area contributed by atoms with Crippen LogP contribution in [-0.4, -0.2) is 32.3 Å². The van der Waals surface area contributed by atoms with Crippen LogP contribution in [0.5, 0.6) is 0 Å². The highest BCUT2D eigenvalue weighted by atomic mass is 35.5. The molecule has 0 unspecified atom stereocenters. The molecule has 0 atom stereocenters. The largest absolute Gasteiger partial charge is 0.451 e. The Balaban J connectivity index is 1.71. The van der Waals surface area contributed by atoms with Crippen LogP contribution in [0.4, 0.5) is 0 Å². The van der Waals surface area contributed by atoms with Crippen molar-refractivity contribution in [2.24, 2.45) is 0 Å². The molecule has 4 rings (SSSR count). The number of thiophene rings is 1. The van der Waals surface area contributed by atoms with Crippen molar-refractivity contribution in [3.8, 4) is 0 Å². The van der Waals surface area contributed by atoms with Crippen LogP contribution < -0.4 is 0 Å². The third-order valence-corrected chi connectivity index (χ3v) is 4.94. The summed E-state index contributed by atoms with van der Waals surface area (Å²) in [4.78, 5) is 28.3. The first-order chi connectivity index (χ1) is 10.2. The zero-order valence-electron chi connectivity index (χ0n) is 10.7. The van der Waals surface area contributed by atoms with Crippen molar-refractivity contribution in [1.29, 1.82) is 0 Å². The molecule has 0 spiro atoms. The quantitative estimate of drug-likeness (QED) is 0.644. The number of carbonyl (C=O) groups is 1. The van der Waals surface area contributed by atoms with Crippen LogP contribution >= 0.6 is 22.9 Å². The second kappa shape index (κ2) is 4.78. The monoisotopic (exact) mass is 320 g/mol. The Kier molecular flexibility index (Phi) is 2.90. The molecule has 0 N–H and O–H groups in total. The molecule has 0 fully saturated rings. The van der Waals surface area contributed by atoms with Crippen molar-refractivity contribution in [1.82, 2.24) is 19.9 Å². The van der Waals surface area contributed by atoms with Crippen LogP contribution in [0.25, 0.3) is 10.2 Å². The summed E-state index contributed by atoms with van der Waals surface area (Å²) in [6, 6.07) is 0. The lowest BCUT2D eigenvalue weighted by molar-refractivity contribution is 0.0731. The van der Waals surface area contributed by atoms with Gasteiger partial charge in [-0.3, -0.25) is 4.79 Å². The summed E-state index contributed by atoms with van der Waals surface area (Å²) in [5, 5.41) is 1.40. The molecule has 3 aromatic rings. The van der Waals surface area contributed by atoms with Gasteiger partial charge in [0, 0.05) is 11.4 Å². The van der Waals surface area contributed by atoms with Gasteiger partial charge in [0.1, 0.15) is 22.6 Å². The lowest BCUT2D eigenvalue weighted by atomic mass is 10.1. The molecule has 6 nitrogen and oxygen atoms in total. The lowest BCUT2D eigenvalue weighted by Crippen LogP contribution is -2.35. The van der Waals surface area contributed by atoms with E-state index in [1.807, 2.05) is 0 Å². The lowest BCUT2D eigenvalue weighted by Gasteiger charge is -2.26. The molecule has 1 aliphatic rings. The Morgan fingerprint density at radius 2 is 2.29 bits per heavy atom. The topological polar surface area (TPSA) is 72.1 Å². The fourth-order valence-electron chi connectivity index (χ4n) is 2.54. The molecule has 0 saturated heterocycles. The summed E-state index contributed by atoms with van der Waals surface area (Å²) in [6.45, 7) is 1.16. The summed E-state index contributed by atoms with van der Waals surface area (Å²) in [5.74, 6) is -0.121. The van der Waals surface area contributed by atoms with E-state index < -0.39 is 0 Å². The fraction of sp³-hybridized carbons (Fsp3) is 0.231. The Morgan fingerprint density at radius 3 is 3.10 bits per heavy atom. The number of fused-ring (bicyclic) bond motifs is 3. The molecule has 3 aromatic heterocycles. The van der Waals surface area contributed by atoms with E-state index in [0.29, 0.717) is 23.9 Å². The molecular formula is C13H9ClN4O2S. The Bertz CT molecular complexity index is 830. The second-order valence-corrected chi connectivity index (χ2v) is 6.14. The first-order valence-electron chi connectivity index (χ1n) is 6.32. The number of hydrogen-bond donors (Lipinski definition) is 0. The van der Waals surface area contributed by atoms with Crippen molar-refractivity contribution in [2.75, 3.05) is 6.54 Å². The van der Waals surface area contributed by atoms with Gasteiger partial charge in [-0.2, -0.15) is 0 Å². The van der Waals surface area contributed by atoms with E-state index in [0.717, 1.165) is 27.1 Å². The molecule has 0 aliphatic carbocycles. The molecule has 0 radical (unpaired) electrons. The summed E-state index contributed by atoms with van der Waals surface area (Å²) < 4.78 is 4.87. The Morgan fingerprint density at radius 1 is 1.38 bits per heavy atom. The minimum Gasteiger partial charge on any atom is -0.451 e. The minimum atomic E-state index is -0.121. The van der Waals surface area contributed by atoms with E-state index in [1.54, 1.807) is 16.2 Å². The van der Waals surface area contributed by atoms with Gasteiger partial charge in [-0.1, -0.05) is 11.6 Å². The van der Waals surface area contributed by atoms with E-state index in [-0.39, 0.29) is 5.91 Å². The van der Waals surface area contributed by atoms with Crippen LogP contribution in [-0.2, 0) is 13.0 Å². The summed E-state index contributed by atoms with van der Waals surface area (Å²) in [6.07, 6.45) is 4.83. The van der Waals surface area contributed by atoms with Gasteiger partial charge in [-0.25, -0.2) is 15.0 Å². The SMILES string of the molecule is O=C(c1cocn1)N1CCc2c(sc3ncnc(Cl)c23)C1. The first-order valence-corrected chi connectivity index (χ1v) is 7.51. The zero-order valence-corrected chi connectivity index (χ0v) is 12.3. The van der Waals surface area contributed by atoms with Crippen molar-refractivity contribution >= 4 is 39.1 Å². The van der Waals surface area contributed by atoms with Gasteiger partial charge in [0.05, 0.1) is 11.9 Å². The maximum Gasteiger partial charge on any atom is 0.276 e. The van der Waals surface area contributed by atoms with E-state index in [9.17, 15) is 4.79 Å². The maximum absolute atomic E-state index is 12.3. The second-order valence-electron chi connectivity index (χ2n) is 4.70. The van der Waals surface area contributed by atoms with Gasteiger partial charge < -0.3 is 9.32 Å². The number of amides is 1. The third-order valence-electron chi connectivity index (χ3n) is 3.53. The predicted octanol–water partition coefficient (Wildman–Crippen LogP) is 2.53. The van der Waals surface area contributed by atoms with Gasteiger partial charge in [0.15, 0.2) is 12.1 Å². The minimum absolute atomic E-state index is 0.121. The highest BCUT2D eigenvalue weighted by Gasteiger charge is 2.27. The number of oxazole rings is 1. The van der Waals surface area contributed by atoms with Gasteiger partial charge >= 0.3 is 0 Å². The van der Waals surface area contributed by atoms with E-state index in [4.69, 9.17) is 16.0 Å². The van der Waals surface area contributed by atoms with E-state index in [1.165, 1.54) is 19.0 Å². The Labute approximate surface area is 128 Å². The average Bonchev–Trinajstić information content (AvgIpc) is 3.13. The van der Waals surface area contributed by atoms with Crippen molar-refractivity contribution < 1.29 is 9.21 Å². The Hall–Kier alpha value is -1.99. The molecule has 1 aliphatic heterocycles. The molecule has 4 heterocycles. The third kappa shape index (κ3) is 2.00. The standard InChI is InChI=1S/C13H9ClN4O2S/c14-11-10-7-1-2-18(13(19)8-4-20-6-17-8)3-9(7)21-12(10)16-5-15-11/h4-6H,1-3H2. The first kappa shape index (κ1) is 12.7. The van der Waals surface area contributed by atoms with E-state index in [2.05, 4.69) is 15.0 Å². The molecule has 21 heavy (non-hydrogen) atoms. The molecule has 0 saturated carbocycles. The van der Waals surface area contributed by atoms with Crippen molar-refractivity contribution in [2.45, 2.75) is 13.0 Å². The predicted molar refractivity (Wildman–Crippen MR) is 77.4 cm³/mol. The van der Waals surface area contributed by atoms with Crippen LogP contribution in [0.2, 0.25) is 5.15 Å². The van der Waals surface area contributed by atoms with Gasteiger partial charge in [0.25, 0.3) is 5.91 Å².